The van der Waals surface area contributed by atoms with Gasteiger partial charge in [0, 0.05) is 10.4 Å². The summed E-state index contributed by atoms with van der Waals surface area (Å²) in [5.74, 6) is 0.637. The Labute approximate surface area is 160 Å². The fourth-order valence-electron chi connectivity index (χ4n) is 2.88. The van der Waals surface area contributed by atoms with E-state index < -0.39 is 0 Å². The van der Waals surface area contributed by atoms with Crippen LogP contribution in [0, 0.1) is 0 Å². The number of nitrogens with one attached hydrogen (secondary N) is 1. The largest absolute Gasteiger partial charge is 0.350 e. The third kappa shape index (κ3) is 3.36. The summed E-state index contributed by atoms with van der Waals surface area (Å²) in [5.41, 5.74) is 2.57. The van der Waals surface area contributed by atoms with Crippen molar-refractivity contribution in [2.24, 2.45) is 0 Å². The van der Waals surface area contributed by atoms with Crippen LogP contribution in [0.4, 0.5) is 0 Å². The van der Waals surface area contributed by atoms with Gasteiger partial charge in [-0.15, -0.1) is 11.3 Å². The zero-order valence-electron chi connectivity index (χ0n) is 13.9. The maximum atomic E-state index is 12.5. The number of rotatable bonds is 5. The summed E-state index contributed by atoms with van der Waals surface area (Å²) in [7, 11) is 0. The Kier molecular flexibility index (Phi) is 4.73. The molecule has 0 bridgehead atoms. The molecule has 4 nitrogen and oxygen atoms in total. The van der Waals surface area contributed by atoms with Crippen molar-refractivity contribution in [2.75, 3.05) is 0 Å². The van der Waals surface area contributed by atoms with Gasteiger partial charge in [0.1, 0.15) is 12.4 Å². The van der Waals surface area contributed by atoms with Crippen molar-refractivity contribution < 1.29 is 4.79 Å². The maximum Gasteiger partial charge on any atom is 0.240 e. The fraction of sp³-hybridized carbons (Fsp3) is 0.100. The molecule has 0 atom stereocenters. The van der Waals surface area contributed by atoms with Gasteiger partial charge in [-0.1, -0.05) is 41.9 Å². The number of thiophene rings is 1. The Morgan fingerprint density at radius 3 is 2.69 bits per heavy atom. The van der Waals surface area contributed by atoms with Crippen LogP contribution in [0.5, 0.6) is 0 Å². The second-order valence-corrected chi connectivity index (χ2v) is 7.29. The quantitative estimate of drug-likeness (QED) is 0.543. The van der Waals surface area contributed by atoms with E-state index in [4.69, 9.17) is 16.6 Å². The molecule has 1 N–H and O–H groups in total. The van der Waals surface area contributed by atoms with Gasteiger partial charge in [-0.2, -0.15) is 0 Å². The number of aromatic nitrogens is 2. The van der Waals surface area contributed by atoms with E-state index in [0.29, 0.717) is 17.4 Å². The summed E-state index contributed by atoms with van der Waals surface area (Å²) in [6.07, 6.45) is 0. The molecule has 0 aliphatic carbocycles. The predicted octanol–water partition coefficient (Wildman–Crippen LogP) is 4.73. The summed E-state index contributed by atoms with van der Waals surface area (Å²) in [6, 6.07) is 19.3. The van der Waals surface area contributed by atoms with E-state index in [0.717, 1.165) is 21.5 Å². The molecule has 0 aliphatic rings. The van der Waals surface area contributed by atoms with Crippen LogP contribution in [0.15, 0.2) is 66.0 Å². The average Bonchev–Trinajstić information content (AvgIpc) is 3.29. The van der Waals surface area contributed by atoms with E-state index in [2.05, 4.69) is 5.32 Å². The standard InChI is InChI=1S/C20H16ClN3OS/c21-16-8-2-1-7-15(16)20-23-17-9-3-4-10-18(17)24(20)13-19(25)22-12-14-6-5-11-26-14/h1-11H,12-13H2,(H,22,25). The maximum absolute atomic E-state index is 12.5. The monoisotopic (exact) mass is 381 g/mol. The minimum atomic E-state index is -0.0603. The Hall–Kier alpha value is -2.63. The van der Waals surface area contributed by atoms with E-state index in [1.54, 1.807) is 11.3 Å². The van der Waals surface area contributed by atoms with E-state index in [1.807, 2.05) is 70.6 Å². The Balaban J connectivity index is 1.68. The highest BCUT2D eigenvalue weighted by molar-refractivity contribution is 7.09. The molecule has 2 aromatic carbocycles. The van der Waals surface area contributed by atoms with Crippen LogP contribution in [-0.4, -0.2) is 15.5 Å². The second kappa shape index (κ2) is 7.32. The fourth-order valence-corrected chi connectivity index (χ4v) is 3.75. The van der Waals surface area contributed by atoms with Gasteiger partial charge in [0.15, 0.2) is 0 Å². The number of imidazole rings is 1. The minimum Gasteiger partial charge on any atom is -0.350 e. The van der Waals surface area contributed by atoms with Crippen molar-refractivity contribution in [3.8, 4) is 11.4 Å². The molecule has 0 saturated carbocycles. The highest BCUT2D eigenvalue weighted by Gasteiger charge is 2.16. The molecule has 130 valence electrons. The number of hydrogen-bond acceptors (Lipinski definition) is 3. The molecule has 0 saturated heterocycles. The van der Waals surface area contributed by atoms with Crippen LogP contribution in [-0.2, 0) is 17.9 Å². The first kappa shape index (κ1) is 16.8. The topological polar surface area (TPSA) is 46.9 Å². The molecule has 0 radical (unpaired) electrons. The molecule has 4 aromatic rings. The molecule has 0 aliphatic heterocycles. The molecule has 0 unspecified atom stereocenters. The van der Waals surface area contributed by atoms with Crippen LogP contribution >= 0.6 is 22.9 Å². The SMILES string of the molecule is O=C(Cn1c(-c2ccccc2Cl)nc2ccccc21)NCc1cccs1. The number of carbonyl (C=O) groups is 1. The van der Waals surface area contributed by atoms with Gasteiger partial charge in [-0.3, -0.25) is 4.79 Å². The lowest BCUT2D eigenvalue weighted by atomic mass is 10.2. The van der Waals surface area contributed by atoms with Gasteiger partial charge in [0.2, 0.25) is 5.91 Å². The molecule has 6 heteroatoms. The van der Waals surface area contributed by atoms with Gasteiger partial charge in [0.05, 0.1) is 22.6 Å². The van der Waals surface area contributed by atoms with Crippen LogP contribution in [0.1, 0.15) is 4.88 Å². The van der Waals surface area contributed by atoms with Gasteiger partial charge in [-0.25, -0.2) is 4.98 Å². The summed E-state index contributed by atoms with van der Waals surface area (Å²) in [5, 5.41) is 5.59. The molecule has 2 heterocycles. The number of hydrogen-bond donors (Lipinski definition) is 1. The third-order valence-corrected chi connectivity index (χ3v) is 5.32. The highest BCUT2D eigenvalue weighted by atomic mass is 35.5. The molecule has 2 aromatic heterocycles. The van der Waals surface area contributed by atoms with E-state index in [1.165, 1.54) is 0 Å². The van der Waals surface area contributed by atoms with Crippen molar-refractivity contribution in [3.63, 3.8) is 0 Å². The number of para-hydroxylation sites is 2. The molecule has 1 amide bonds. The summed E-state index contributed by atoms with van der Waals surface area (Å²) >= 11 is 8.00. The van der Waals surface area contributed by atoms with Crippen LogP contribution in [0.2, 0.25) is 5.02 Å². The highest BCUT2D eigenvalue weighted by Crippen LogP contribution is 2.30. The summed E-state index contributed by atoms with van der Waals surface area (Å²) in [6.45, 7) is 0.719. The van der Waals surface area contributed by atoms with E-state index in [-0.39, 0.29) is 12.5 Å². The molecule has 0 spiro atoms. The number of benzene rings is 2. The molecular weight excluding hydrogens is 366 g/mol. The van der Waals surface area contributed by atoms with E-state index >= 15 is 0 Å². The van der Waals surface area contributed by atoms with Crippen LogP contribution < -0.4 is 5.32 Å². The average molecular weight is 382 g/mol. The minimum absolute atomic E-state index is 0.0603. The third-order valence-electron chi connectivity index (χ3n) is 4.11. The summed E-state index contributed by atoms with van der Waals surface area (Å²) in [4.78, 5) is 18.4. The molecular formula is C20H16ClN3OS. The Morgan fingerprint density at radius 1 is 1.08 bits per heavy atom. The number of fused-ring (bicyclic) bond motifs is 1. The predicted molar refractivity (Wildman–Crippen MR) is 106 cm³/mol. The first-order valence-electron chi connectivity index (χ1n) is 8.21. The lowest BCUT2D eigenvalue weighted by Crippen LogP contribution is -2.27. The molecule has 4 rings (SSSR count). The first-order valence-corrected chi connectivity index (χ1v) is 9.47. The summed E-state index contributed by atoms with van der Waals surface area (Å²) < 4.78 is 1.92. The van der Waals surface area contributed by atoms with E-state index in [9.17, 15) is 4.79 Å². The number of halogens is 1. The Morgan fingerprint density at radius 2 is 1.88 bits per heavy atom. The zero-order chi connectivity index (χ0) is 17.9. The smallest absolute Gasteiger partial charge is 0.240 e. The van der Waals surface area contributed by atoms with Crippen molar-refractivity contribution in [2.45, 2.75) is 13.1 Å². The second-order valence-electron chi connectivity index (χ2n) is 5.85. The lowest BCUT2D eigenvalue weighted by Gasteiger charge is -2.10. The molecule has 0 fully saturated rings. The number of nitrogens with zero attached hydrogens (tertiary/aromatic N) is 2. The van der Waals surface area contributed by atoms with Crippen LogP contribution in [0.3, 0.4) is 0 Å². The van der Waals surface area contributed by atoms with Crippen molar-refractivity contribution in [1.29, 1.82) is 0 Å². The number of amides is 1. The van der Waals surface area contributed by atoms with Gasteiger partial charge in [-0.05, 0) is 35.7 Å². The molecule has 26 heavy (non-hydrogen) atoms. The lowest BCUT2D eigenvalue weighted by molar-refractivity contribution is -0.121. The van der Waals surface area contributed by atoms with Crippen molar-refractivity contribution >= 4 is 39.9 Å². The van der Waals surface area contributed by atoms with Gasteiger partial charge in [0.25, 0.3) is 0 Å². The first-order chi connectivity index (χ1) is 12.7. The van der Waals surface area contributed by atoms with Gasteiger partial charge < -0.3 is 9.88 Å². The van der Waals surface area contributed by atoms with Crippen LogP contribution in [0.25, 0.3) is 22.4 Å². The van der Waals surface area contributed by atoms with Gasteiger partial charge >= 0.3 is 0 Å². The number of carbonyl (C=O) groups excluding carboxylic acids is 1. The van der Waals surface area contributed by atoms with Crippen molar-refractivity contribution in [3.05, 3.63) is 75.9 Å². The Bertz CT molecular complexity index is 1060. The normalized spacial score (nSPS) is 11.0. The zero-order valence-corrected chi connectivity index (χ0v) is 15.4. The van der Waals surface area contributed by atoms with Crippen molar-refractivity contribution in [1.82, 2.24) is 14.9 Å².